The van der Waals surface area contributed by atoms with Crippen molar-refractivity contribution in [2.75, 3.05) is 26.0 Å². The van der Waals surface area contributed by atoms with Crippen LogP contribution in [0.2, 0.25) is 0 Å². The maximum absolute atomic E-state index is 13.3. The molecule has 0 spiro atoms. The third-order valence-corrected chi connectivity index (χ3v) is 5.64. The highest BCUT2D eigenvalue weighted by Gasteiger charge is 2.35. The van der Waals surface area contributed by atoms with Gasteiger partial charge in [0.15, 0.2) is 0 Å². The van der Waals surface area contributed by atoms with Crippen molar-refractivity contribution in [1.29, 1.82) is 0 Å². The molecule has 5 heteroatoms. The lowest BCUT2D eigenvalue weighted by Gasteiger charge is -2.38. The number of ether oxygens (including phenoxy) is 1. The van der Waals surface area contributed by atoms with Crippen LogP contribution in [0.3, 0.4) is 0 Å². The van der Waals surface area contributed by atoms with Crippen LogP contribution < -0.4 is 5.32 Å². The van der Waals surface area contributed by atoms with E-state index >= 15 is 0 Å². The van der Waals surface area contributed by atoms with E-state index in [1.165, 1.54) is 12.1 Å². The highest BCUT2D eigenvalue weighted by molar-refractivity contribution is 7.98. The van der Waals surface area contributed by atoms with Gasteiger partial charge in [0, 0.05) is 30.1 Å². The molecule has 0 aliphatic carbocycles. The van der Waals surface area contributed by atoms with E-state index in [2.05, 4.69) is 5.32 Å². The Hall–Kier alpha value is -1.85. The van der Waals surface area contributed by atoms with Gasteiger partial charge in [0.05, 0.1) is 5.56 Å². The summed E-state index contributed by atoms with van der Waals surface area (Å²) in [5.74, 6) is -0.318. The van der Waals surface area contributed by atoms with Gasteiger partial charge >= 0.3 is 0 Å². The zero-order valence-corrected chi connectivity index (χ0v) is 15.1. The Morgan fingerprint density at radius 3 is 2.52 bits per heavy atom. The number of benzene rings is 2. The van der Waals surface area contributed by atoms with Crippen molar-refractivity contribution >= 4 is 17.7 Å². The van der Waals surface area contributed by atoms with Gasteiger partial charge in [-0.1, -0.05) is 24.3 Å². The van der Waals surface area contributed by atoms with Gasteiger partial charge in [-0.25, -0.2) is 4.39 Å². The summed E-state index contributed by atoms with van der Waals surface area (Å²) in [6, 6.07) is 14.2. The number of halogens is 1. The zero-order chi connectivity index (χ0) is 17.7. The van der Waals surface area contributed by atoms with E-state index in [1.54, 1.807) is 11.8 Å². The molecule has 0 bridgehead atoms. The van der Waals surface area contributed by atoms with Gasteiger partial charge in [0.1, 0.15) is 5.82 Å². The van der Waals surface area contributed by atoms with Crippen LogP contribution in [0.25, 0.3) is 0 Å². The number of carbonyl (C=O) groups excluding carboxylic acids is 1. The van der Waals surface area contributed by atoms with Crippen molar-refractivity contribution in [3.05, 3.63) is 65.5 Å². The number of hydrogen-bond donors (Lipinski definition) is 1. The predicted octanol–water partition coefficient (Wildman–Crippen LogP) is 4.03. The van der Waals surface area contributed by atoms with Crippen molar-refractivity contribution in [2.24, 2.45) is 0 Å². The third-order valence-electron chi connectivity index (χ3n) is 4.85. The lowest BCUT2D eigenvalue weighted by atomic mass is 9.74. The van der Waals surface area contributed by atoms with Crippen molar-refractivity contribution in [3.8, 4) is 0 Å². The fraction of sp³-hybridized carbons (Fsp3) is 0.350. The third kappa shape index (κ3) is 4.05. The molecule has 1 aliphatic rings. The SMILES string of the molecule is CSc1ccccc1C(=O)NCC1(c2ccc(F)cc2)CCOCC1. The summed E-state index contributed by atoms with van der Waals surface area (Å²) in [5, 5.41) is 3.10. The normalized spacial score (nSPS) is 16.4. The predicted molar refractivity (Wildman–Crippen MR) is 98.7 cm³/mol. The second-order valence-corrected chi connectivity index (χ2v) is 7.13. The average molecular weight is 359 g/mol. The van der Waals surface area contributed by atoms with Gasteiger partial charge in [-0.15, -0.1) is 11.8 Å². The van der Waals surface area contributed by atoms with Crippen LogP contribution in [0.4, 0.5) is 4.39 Å². The highest BCUT2D eigenvalue weighted by atomic mass is 32.2. The first-order valence-electron chi connectivity index (χ1n) is 8.40. The first-order chi connectivity index (χ1) is 12.1. The number of thioether (sulfide) groups is 1. The highest BCUT2D eigenvalue weighted by Crippen LogP contribution is 2.34. The van der Waals surface area contributed by atoms with Gasteiger partial charge in [-0.2, -0.15) is 0 Å². The molecule has 1 saturated heterocycles. The summed E-state index contributed by atoms with van der Waals surface area (Å²) in [6.07, 6.45) is 3.58. The summed E-state index contributed by atoms with van der Waals surface area (Å²) in [5.41, 5.74) is 1.53. The molecule has 0 atom stereocenters. The van der Waals surface area contributed by atoms with Crippen molar-refractivity contribution < 1.29 is 13.9 Å². The Balaban J connectivity index is 1.79. The van der Waals surface area contributed by atoms with Gasteiger partial charge in [-0.3, -0.25) is 4.79 Å². The van der Waals surface area contributed by atoms with Crippen LogP contribution in [-0.2, 0) is 10.2 Å². The van der Waals surface area contributed by atoms with Crippen LogP contribution in [0.5, 0.6) is 0 Å². The lowest BCUT2D eigenvalue weighted by Crippen LogP contribution is -2.44. The fourth-order valence-corrected chi connectivity index (χ4v) is 3.91. The number of hydrogen-bond acceptors (Lipinski definition) is 3. The summed E-state index contributed by atoms with van der Waals surface area (Å²) >= 11 is 1.56. The van der Waals surface area contributed by atoms with E-state index in [9.17, 15) is 9.18 Å². The minimum absolute atomic E-state index is 0.0714. The largest absolute Gasteiger partial charge is 0.381 e. The van der Waals surface area contributed by atoms with Gasteiger partial charge in [0.25, 0.3) is 5.91 Å². The van der Waals surface area contributed by atoms with E-state index in [0.29, 0.717) is 25.3 Å². The smallest absolute Gasteiger partial charge is 0.252 e. The van der Waals surface area contributed by atoms with Gasteiger partial charge < -0.3 is 10.1 Å². The molecular weight excluding hydrogens is 337 g/mol. The minimum Gasteiger partial charge on any atom is -0.381 e. The van der Waals surface area contributed by atoms with Crippen LogP contribution in [-0.4, -0.2) is 31.9 Å². The molecule has 132 valence electrons. The molecule has 3 rings (SSSR count). The standard InChI is InChI=1S/C20H22FNO2S/c1-25-18-5-3-2-4-17(18)19(23)22-14-20(10-12-24-13-11-20)15-6-8-16(21)9-7-15/h2-9H,10-14H2,1H3,(H,22,23). The van der Waals surface area contributed by atoms with Gasteiger partial charge in [-0.05, 0) is 48.9 Å². The number of amides is 1. The lowest BCUT2D eigenvalue weighted by molar-refractivity contribution is 0.0486. The molecule has 1 aliphatic heterocycles. The second-order valence-electron chi connectivity index (χ2n) is 6.28. The van der Waals surface area contributed by atoms with Crippen LogP contribution in [0.15, 0.2) is 53.4 Å². The van der Waals surface area contributed by atoms with Crippen molar-refractivity contribution in [1.82, 2.24) is 5.32 Å². The van der Waals surface area contributed by atoms with E-state index in [4.69, 9.17) is 4.74 Å². The molecule has 3 nitrogen and oxygen atoms in total. The number of rotatable bonds is 5. The Labute approximate surface area is 152 Å². The molecule has 0 aromatic heterocycles. The molecule has 0 unspecified atom stereocenters. The monoisotopic (exact) mass is 359 g/mol. The molecule has 2 aromatic rings. The maximum Gasteiger partial charge on any atom is 0.252 e. The molecule has 0 radical (unpaired) electrons. The van der Waals surface area contributed by atoms with E-state index in [1.807, 2.05) is 42.7 Å². The number of nitrogens with one attached hydrogen (secondary N) is 1. The van der Waals surface area contributed by atoms with Gasteiger partial charge in [0.2, 0.25) is 0 Å². The van der Waals surface area contributed by atoms with E-state index < -0.39 is 0 Å². The Morgan fingerprint density at radius 1 is 1.16 bits per heavy atom. The molecular formula is C20H22FNO2S. The summed E-state index contributed by atoms with van der Waals surface area (Å²) < 4.78 is 18.8. The molecule has 2 aromatic carbocycles. The molecule has 0 saturated carbocycles. The molecule has 1 fully saturated rings. The molecule has 1 N–H and O–H groups in total. The summed E-state index contributed by atoms with van der Waals surface area (Å²) in [6.45, 7) is 1.81. The number of carbonyl (C=O) groups is 1. The summed E-state index contributed by atoms with van der Waals surface area (Å²) in [7, 11) is 0. The summed E-state index contributed by atoms with van der Waals surface area (Å²) in [4.78, 5) is 13.6. The average Bonchev–Trinajstić information content (AvgIpc) is 2.67. The first-order valence-corrected chi connectivity index (χ1v) is 9.62. The maximum atomic E-state index is 13.3. The Morgan fingerprint density at radius 2 is 1.84 bits per heavy atom. The van der Waals surface area contributed by atoms with Crippen molar-refractivity contribution in [3.63, 3.8) is 0 Å². The van der Waals surface area contributed by atoms with E-state index in [0.717, 1.165) is 23.3 Å². The van der Waals surface area contributed by atoms with Crippen molar-refractivity contribution in [2.45, 2.75) is 23.2 Å². The molecule has 1 heterocycles. The Kier molecular flexibility index (Phi) is 5.76. The second kappa shape index (κ2) is 8.02. The van der Waals surface area contributed by atoms with Crippen LogP contribution in [0.1, 0.15) is 28.8 Å². The first kappa shape index (κ1) is 18.0. The Bertz CT molecular complexity index is 727. The fourth-order valence-electron chi connectivity index (χ4n) is 3.31. The van der Waals surface area contributed by atoms with E-state index in [-0.39, 0.29) is 17.1 Å². The topological polar surface area (TPSA) is 38.3 Å². The van der Waals surface area contributed by atoms with Crippen LogP contribution in [0, 0.1) is 5.82 Å². The van der Waals surface area contributed by atoms with Crippen LogP contribution >= 0.6 is 11.8 Å². The zero-order valence-electron chi connectivity index (χ0n) is 14.3. The molecule has 25 heavy (non-hydrogen) atoms. The minimum atomic E-state index is -0.246. The quantitative estimate of drug-likeness (QED) is 0.819. The molecule has 1 amide bonds.